The second kappa shape index (κ2) is 2.77. The van der Waals surface area contributed by atoms with Gasteiger partial charge in [-0.3, -0.25) is 4.67 Å². The van der Waals surface area contributed by atoms with E-state index in [-0.39, 0.29) is 0 Å². The molecule has 0 saturated carbocycles. The Kier molecular flexibility index (Phi) is 2.24. The maximum Gasteiger partial charge on any atom is 0.0171 e. The molecule has 0 radical (unpaired) electrons. The van der Waals surface area contributed by atoms with E-state index in [1.807, 2.05) is 0 Å². The molecule has 2 nitrogen and oxygen atoms in total. The quantitative estimate of drug-likeness (QED) is 0.477. The average Bonchev–Trinajstić information content (AvgIpc) is 1.64. The van der Waals surface area contributed by atoms with Crippen LogP contribution in [0.3, 0.4) is 0 Å². The van der Waals surface area contributed by atoms with Gasteiger partial charge in [0.2, 0.25) is 0 Å². The minimum absolute atomic E-state index is 0.418. The second-order valence-corrected chi connectivity index (χ2v) is 3.13. The Bertz CT molecular complexity index is 68.8. The molecular weight excluding hydrogens is 119 g/mol. The zero-order chi connectivity index (χ0) is 5.98. The van der Waals surface area contributed by atoms with Crippen molar-refractivity contribution in [3.63, 3.8) is 0 Å². The molecule has 2 atom stereocenters. The van der Waals surface area contributed by atoms with E-state index in [0.29, 0.717) is 6.04 Å². The van der Waals surface area contributed by atoms with Crippen molar-refractivity contribution in [3.05, 3.63) is 0 Å². The van der Waals surface area contributed by atoms with Gasteiger partial charge in [-0.1, -0.05) is 9.39 Å². The third-order valence-electron chi connectivity index (χ3n) is 1.49. The minimum atomic E-state index is 0.418. The van der Waals surface area contributed by atoms with Crippen LogP contribution in [0, 0.1) is 0 Å². The van der Waals surface area contributed by atoms with E-state index in [9.17, 15) is 0 Å². The van der Waals surface area contributed by atoms with Crippen LogP contribution >= 0.6 is 9.39 Å². The van der Waals surface area contributed by atoms with Crippen LogP contribution in [-0.2, 0) is 0 Å². The van der Waals surface area contributed by atoms with Gasteiger partial charge in [0.15, 0.2) is 0 Å². The van der Waals surface area contributed by atoms with Gasteiger partial charge in [-0.05, 0) is 12.8 Å². The standard InChI is InChI=1S/C5H13N2P/c6-5-2-1-3-7(8)4-5/h5H,1-4,6,8H2. The van der Waals surface area contributed by atoms with E-state index < -0.39 is 0 Å². The van der Waals surface area contributed by atoms with Gasteiger partial charge in [0, 0.05) is 19.1 Å². The van der Waals surface area contributed by atoms with Crippen LogP contribution < -0.4 is 5.73 Å². The lowest BCUT2D eigenvalue weighted by Gasteiger charge is -2.26. The molecule has 2 N–H and O–H groups in total. The number of piperidine rings is 1. The summed E-state index contributed by atoms with van der Waals surface area (Å²) in [5.74, 6) is 0. The molecule has 0 bridgehead atoms. The molecular formula is C5H13N2P. The molecule has 0 aromatic heterocycles. The third kappa shape index (κ3) is 1.70. The highest BCUT2D eigenvalue weighted by Crippen LogP contribution is 2.10. The molecule has 1 heterocycles. The van der Waals surface area contributed by atoms with Crippen molar-refractivity contribution in [1.82, 2.24) is 4.67 Å². The first-order valence-electron chi connectivity index (χ1n) is 3.04. The first-order valence-corrected chi connectivity index (χ1v) is 3.56. The summed E-state index contributed by atoms with van der Waals surface area (Å²) >= 11 is 0. The first kappa shape index (κ1) is 6.47. The predicted molar refractivity (Wildman–Crippen MR) is 38.5 cm³/mol. The highest BCUT2D eigenvalue weighted by molar-refractivity contribution is 7.13. The Balaban J connectivity index is 2.23. The predicted octanol–water partition coefficient (Wildman–Crippen LogP) is 0.200. The Morgan fingerprint density at radius 1 is 1.62 bits per heavy atom. The smallest absolute Gasteiger partial charge is 0.0171 e. The summed E-state index contributed by atoms with van der Waals surface area (Å²) in [6.07, 6.45) is 2.45. The summed E-state index contributed by atoms with van der Waals surface area (Å²) in [4.78, 5) is 0. The molecule has 0 aromatic rings. The van der Waals surface area contributed by atoms with Gasteiger partial charge in [-0.25, -0.2) is 0 Å². The molecule has 2 unspecified atom stereocenters. The Hall–Kier alpha value is 0.350. The molecule has 0 aliphatic carbocycles. The van der Waals surface area contributed by atoms with Gasteiger partial charge in [-0.15, -0.1) is 0 Å². The number of nitrogens with zero attached hydrogens (tertiary/aromatic N) is 1. The van der Waals surface area contributed by atoms with Gasteiger partial charge >= 0.3 is 0 Å². The maximum atomic E-state index is 5.67. The van der Waals surface area contributed by atoms with Crippen LogP contribution in [0.5, 0.6) is 0 Å². The number of hydrogen-bond acceptors (Lipinski definition) is 2. The summed E-state index contributed by atoms with van der Waals surface area (Å²) in [6.45, 7) is 2.24. The van der Waals surface area contributed by atoms with E-state index in [0.717, 1.165) is 6.54 Å². The van der Waals surface area contributed by atoms with Crippen LogP contribution in [0.2, 0.25) is 0 Å². The van der Waals surface area contributed by atoms with E-state index in [1.165, 1.54) is 19.4 Å². The molecule has 0 amide bonds. The fraction of sp³-hybridized carbons (Fsp3) is 1.00. The second-order valence-electron chi connectivity index (χ2n) is 2.40. The Morgan fingerprint density at radius 3 is 2.75 bits per heavy atom. The van der Waals surface area contributed by atoms with Crippen LogP contribution in [0.1, 0.15) is 12.8 Å². The SMILES string of the molecule is NC1CCCN(P)C1. The van der Waals surface area contributed by atoms with Gasteiger partial charge in [0.05, 0.1) is 0 Å². The monoisotopic (exact) mass is 132 g/mol. The Labute approximate surface area is 52.7 Å². The van der Waals surface area contributed by atoms with Crippen molar-refractivity contribution in [2.45, 2.75) is 18.9 Å². The van der Waals surface area contributed by atoms with Crippen LogP contribution in [0.15, 0.2) is 0 Å². The largest absolute Gasteiger partial charge is 0.327 e. The molecule has 1 rings (SSSR count). The molecule has 48 valence electrons. The van der Waals surface area contributed by atoms with Crippen molar-refractivity contribution >= 4 is 9.39 Å². The van der Waals surface area contributed by atoms with Crippen molar-refractivity contribution in [2.24, 2.45) is 5.73 Å². The molecule has 1 aliphatic rings. The lowest BCUT2D eigenvalue weighted by molar-refractivity contribution is 0.341. The minimum Gasteiger partial charge on any atom is -0.327 e. The molecule has 3 heteroatoms. The van der Waals surface area contributed by atoms with Crippen LogP contribution in [0.25, 0.3) is 0 Å². The zero-order valence-electron chi connectivity index (χ0n) is 5.01. The van der Waals surface area contributed by atoms with Gasteiger partial charge < -0.3 is 5.73 Å². The molecule has 1 aliphatic heterocycles. The van der Waals surface area contributed by atoms with E-state index >= 15 is 0 Å². The van der Waals surface area contributed by atoms with E-state index in [2.05, 4.69) is 14.1 Å². The van der Waals surface area contributed by atoms with Crippen molar-refractivity contribution in [2.75, 3.05) is 13.1 Å². The molecule has 0 aromatic carbocycles. The Morgan fingerprint density at radius 2 is 2.38 bits per heavy atom. The van der Waals surface area contributed by atoms with Gasteiger partial charge in [0.25, 0.3) is 0 Å². The van der Waals surface area contributed by atoms with E-state index in [1.54, 1.807) is 0 Å². The number of hydrogen-bond donors (Lipinski definition) is 1. The van der Waals surface area contributed by atoms with Gasteiger partial charge in [0.1, 0.15) is 0 Å². The van der Waals surface area contributed by atoms with Crippen LogP contribution in [0.4, 0.5) is 0 Å². The average molecular weight is 132 g/mol. The highest BCUT2D eigenvalue weighted by Gasteiger charge is 2.11. The fourth-order valence-electron chi connectivity index (χ4n) is 1.04. The summed E-state index contributed by atoms with van der Waals surface area (Å²) in [5, 5.41) is 0. The normalized spacial score (nSPS) is 33.0. The lowest BCUT2D eigenvalue weighted by Crippen LogP contribution is -2.37. The summed E-state index contributed by atoms with van der Waals surface area (Å²) < 4.78 is 2.20. The molecule has 8 heavy (non-hydrogen) atoms. The van der Waals surface area contributed by atoms with Gasteiger partial charge in [-0.2, -0.15) is 0 Å². The highest BCUT2D eigenvalue weighted by atomic mass is 31.0. The topological polar surface area (TPSA) is 29.3 Å². The first-order chi connectivity index (χ1) is 3.79. The summed E-state index contributed by atoms with van der Waals surface area (Å²) in [5.41, 5.74) is 5.67. The molecule has 1 fully saturated rings. The zero-order valence-corrected chi connectivity index (χ0v) is 6.16. The third-order valence-corrected chi connectivity index (χ3v) is 1.96. The molecule has 0 spiro atoms. The molecule has 1 saturated heterocycles. The lowest BCUT2D eigenvalue weighted by atomic mass is 10.1. The van der Waals surface area contributed by atoms with Crippen LogP contribution in [-0.4, -0.2) is 23.8 Å². The number of rotatable bonds is 0. The van der Waals surface area contributed by atoms with E-state index in [4.69, 9.17) is 5.73 Å². The maximum absolute atomic E-state index is 5.67. The van der Waals surface area contributed by atoms with Crippen molar-refractivity contribution < 1.29 is 0 Å². The summed E-state index contributed by atoms with van der Waals surface area (Å²) in [6, 6.07) is 0.418. The summed E-state index contributed by atoms with van der Waals surface area (Å²) in [7, 11) is 2.68. The van der Waals surface area contributed by atoms with Crippen molar-refractivity contribution in [3.8, 4) is 0 Å². The fourth-order valence-corrected chi connectivity index (χ4v) is 1.49. The van der Waals surface area contributed by atoms with Crippen molar-refractivity contribution in [1.29, 1.82) is 0 Å². The number of nitrogens with two attached hydrogens (primary N) is 1.